The molecule has 0 saturated heterocycles. The van der Waals surface area contributed by atoms with Gasteiger partial charge < -0.3 is 10.4 Å². The molecule has 6 nitrogen and oxygen atoms in total. The van der Waals surface area contributed by atoms with Crippen LogP contribution in [0.5, 0.6) is 0 Å². The standard InChI is InChI=1S/C20H27N3O3/c1-4-17(5-2)23-14(3)18(13-22-23)19(24)21-12-16(20(25)26)11-15-9-7-6-8-10-15/h6-10,13,16-17H,4-5,11-12H2,1-3H3,(H,21,24)(H,25,26). The Hall–Kier alpha value is -2.63. The molecule has 0 spiro atoms. The van der Waals surface area contributed by atoms with Crippen LogP contribution < -0.4 is 5.32 Å². The Morgan fingerprint density at radius 3 is 2.42 bits per heavy atom. The molecule has 2 rings (SSSR count). The van der Waals surface area contributed by atoms with E-state index in [0.717, 1.165) is 24.1 Å². The monoisotopic (exact) mass is 357 g/mol. The van der Waals surface area contributed by atoms with E-state index in [1.54, 1.807) is 6.20 Å². The number of carboxylic acid groups (broad SMARTS) is 1. The first-order chi connectivity index (χ1) is 12.5. The number of rotatable bonds is 9. The predicted molar refractivity (Wildman–Crippen MR) is 100 cm³/mol. The highest BCUT2D eigenvalue weighted by atomic mass is 16.4. The maximum Gasteiger partial charge on any atom is 0.308 e. The maximum absolute atomic E-state index is 12.5. The third-order valence-electron chi connectivity index (χ3n) is 4.76. The molecule has 1 amide bonds. The van der Waals surface area contributed by atoms with Gasteiger partial charge in [0.25, 0.3) is 5.91 Å². The Morgan fingerprint density at radius 2 is 1.85 bits per heavy atom. The van der Waals surface area contributed by atoms with Crippen LogP contribution in [0.25, 0.3) is 0 Å². The van der Waals surface area contributed by atoms with Gasteiger partial charge in [0.2, 0.25) is 0 Å². The third-order valence-corrected chi connectivity index (χ3v) is 4.76. The fourth-order valence-corrected chi connectivity index (χ4v) is 3.11. The first-order valence-corrected chi connectivity index (χ1v) is 9.06. The molecule has 2 aromatic rings. The van der Waals surface area contributed by atoms with Gasteiger partial charge in [0.15, 0.2) is 0 Å². The lowest BCUT2D eigenvalue weighted by Gasteiger charge is -2.16. The van der Waals surface area contributed by atoms with Gasteiger partial charge in [-0.3, -0.25) is 14.3 Å². The molecular weight excluding hydrogens is 330 g/mol. The van der Waals surface area contributed by atoms with Crippen molar-refractivity contribution in [3.8, 4) is 0 Å². The summed E-state index contributed by atoms with van der Waals surface area (Å²) >= 11 is 0. The Morgan fingerprint density at radius 1 is 1.19 bits per heavy atom. The second-order valence-corrected chi connectivity index (χ2v) is 6.49. The van der Waals surface area contributed by atoms with Crippen molar-refractivity contribution < 1.29 is 14.7 Å². The summed E-state index contributed by atoms with van der Waals surface area (Å²) < 4.78 is 1.88. The summed E-state index contributed by atoms with van der Waals surface area (Å²) in [5.41, 5.74) is 2.25. The number of carbonyl (C=O) groups is 2. The van der Waals surface area contributed by atoms with Gasteiger partial charge in [-0.2, -0.15) is 5.10 Å². The molecule has 1 unspecified atom stereocenters. The van der Waals surface area contributed by atoms with Crippen molar-refractivity contribution in [2.45, 2.75) is 46.1 Å². The van der Waals surface area contributed by atoms with E-state index < -0.39 is 11.9 Å². The molecule has 0 aliphatic heterocycles. The Bertz CT molecular complexity index is 736. The fraction of sp³-hybridized carbons (Fsp3) is 0.450. The average Bonchev–Trinajstić information content (AvgIpc) is 3.02. The van der Waals surface area contributed by atoms with E-state index in [9.17, 15) is 14.7 Å². The SMILES string of the molecule is CCC(CC)n1ncc(C(=O)NCC(Cc2ccccc2)C(=O)O)c1C. The highest BCUT2D eigenvalue weighted by molar-refractivity contribution is 5.95. The zero-order valence-electron chi connectivity index (χ0n) is 15.6. The van der Waals surface area contributed by atoms with E-state index >= 15 is 0 Å². The summed E-state index contributed by atoms with van der Waals surface area (Å²) in [5, 5.41) is 16.6. The second kappa shape index (κ2) is 9.17. The summed E-state index contributed by atoms with van der Waals surface area (Å²) in [6.07, 6.45) is 3.83. The van der Waals surface area contributed by atoms with E-state index in [1.165, 1.54) is 0 Å². The number of carboxylic acids is 1. The van der Waals surface area contributed by atoms with Crippen LogP contribution in [0, 0.1) is 12.8 Å². The van der Waals surface area contributed by atoms with Crippen LogP contribution in [0.1, 0.15) is 54.3 Å². The minimum atomic E-state index is -0.918. The molecule has 26 heavy (non-hydrogen) atoms. The summed E-state index contributed by atoms with van der Waals surface area (Å²) in [6.45, 7) is 6.14. The molecule has 0 radical (unpaired) electrons. The zero-order chi connectivity index (χ0) is 19.1. The number of nitrogens with one attached hydrogen (secondary N) is 1. The van der Waals surface area contributed by atoms with E-state index in [2.05, 4.69) is 24.3 Å². The molecule has 1 heterocycles. The molecule has 1 aromatic carbocycles. The van der Waals surface area contributed by atoms with Gasteiger partial charge in [-0.05, 0) is 31.7 Å². The number of aliphatic carboxylic acids is 1. The molecule has 140 valence electrons. The van der Waals surface area contributed by atoms with Crippen molar-refractivity contribution >= 4 is 11.9 Å². The molecular formula is C20H27N3O3. The van der Waals surface area contributed by atoms with Gasteiger partial charge in [0.1, 0.15) is 0 Å². The molecule has 0 bridgehead atoms. The summed E-state index contributed by atoms with van der Waals surface area (Å²) in [5.74, 6) is -1.87. The number of aromatic nitrogens is 2. The molecule has 0 saturated carbocycles. The van der Waals surface area contributed by atoms with Crippen LogP contribution in [0.3, 0.4) is 0 Å². The van der Waals surface area contributed by atoms with Crippen molar-refractivity contribution in [1.82, 2.24) is 15.1 Å². The molecule has 6 heteroatoms. The van der Waals surface area contributed by atoms with Crippen LogP contribution in [0.15, 0.2) is 36.5 Å². The molecule has 0 fully saturated rings. The molecule has 0 aliphatic carbocycles. The van der Waals surface area contributed by atoms with Gasteiger partial charge in [-0.15, -0.1) is 0 Å². The second-order valence-electron chi connectivity index (χ2n) is 6.49. The van der Waals surface area contributed by atoms with Crippen molar-refractivity contribution in [3.63, 3.8) is 0 Å². The van der Waals surface area contributed by atoms with Gasteiger partial charge in [-0.25, -0.2) is 0 Å². The normalized spacial score (nSPS) is 12.2. The summed E-state index contributed by atoms with van der Waals surface area (Å²) in [4.78, 5) is 24.0. The fourth-order valence-electron chi connectivity index (χ4n) is 3.11. The number of hydrogen-bond acceptors (Lipinski definition) is 3. The Labute approximate surface area is 154 Å². The molecule has 2 N–H and O–H groups in total. The molecule has 1 aromatic heterocycles. The minimum Gasteiger partial charge on any atom is -0.481 e. The Kier molecular flexibility index (Phi) is 6.95. The third kappa shape index (κ3) is 4.71. The smallest absolute Gasteiger partial charge is 0.308 e. The largest absolute Gasteiger partial charge is 0.481 e. The minimum absolute atomic E-state index is 0.0820. The number of hydrogen-bond donors (Lipinski definition) is 2. The highest BCUT2D eigenvalue weighted by Crippen LogP contribution is 2.19. The van der Waals surface area contributed by atoms with Crippen molar-refractivity contribution in [2.75, 3.05) is 6.54 Å². The maximum atomic E-state index is 12.5. The van der Waals surface area contributed by atoms with Crippen LogP contribution in [0.2, 0.25) is 0 Å². The summed E-state index contributed by atoms with van der Waals surface area (Å²) in [7, 11) is 0. The molecule has 1 atom stereocenters. The van der Waals surface area contributed by atoms with Crippen molar-refractivity contribution in [2.24, 2.45) is 5.92 Å². The van der Waals surface area contributed by atoms with Crippen molar-refractivity contribution in [1.29, 1.82) is 0 Å². The first-order valence-electron chi connectivity index (χ1n) is 9.06. The lowest BCUT2D eigenvalue weighted by molar-refractivity contribution is -0.141. The van der Waals surface area contributed by atoms with Crippen LogP contribution >= 0.6 is 0 Å². The van der Waals surface area contributed by atoms with Crippen molar-refractivity contribution in [3.05, 3.63) is 53.3 Å². The quantitative estimate of drug-likeness (QED) is 0.722. The van der Waals surface area contributed by atoms with Crippen LogP contribution in [-0.4, -0.2) is 33.3 Å². The van der Waals surface area contributed by atoms with E-state index in [4.69, 9.17) is 0 Å². The Balaban J connectivity index is 2.03. The van der Waals surface area contributed by atoms with E-state index in [0.29, 0.717) is 12.0 Å². The van der Waals surface area contributed by atoms with Crippen LogP contribution in [-0.2, 0) is 11.2 Å². The number of carbonyl (C=O) groups excluding carboxylic acids is 1. The van der Waals surface area contributed by atoms with Crippen LogP contribution in [0.4, 0.5) is 0 Å². The summed E-state index contributed by atoms with van der Waals surface area (Å²) in [6, 6.07) is 9.69. The van der Waals surface area contributed by atoms with Gasteiger partial charge in [0.05, 0.1) is 23.7 Å². The van der Waals surface area contributed by atoms with Gasteiger partial charge >= 0.3 is 5.97 Å². The van der Waals surface area contributed by atoms with Gasteiger partial charge in [0, 0.05) is 12.2 Å². The lowest BCUT2D eigenvalue weighted by atomic mass is 9.99. The number of amides is 1. The van der Waals surface area contributed by atoms with E-state index in [-0.39, 0.29) is 18.5 Å². The first kappa shape index (κ1) is 19.7. The lowest BCUT2D eigenvalue weighted by Crippen LogP contribution is -2.34. The topological polar surface area (TPSA) is 84.2 Å². The highest BCUT2D eigenvalue weighted by Gasteiger charge is 2.22. The average molecular weight is 357 g/mol. The predicted octanol–water partition coefficient (Wildman–Crippen LogP) is 3.23. The number of benzene rings is 1. The molecule has 0 aliphatic rings. The number of nitrogens with zero attached hydrogens (tertiary/aromatic N) is 2. The zero-order valence-corrected chi connectivity index (χ0v) is 15.6. The van der Waals surface area contributed by atoms with Gasteiger partial charge in [-0.1, -0.05) is 44.2 Å². The van der Waals surface area contributed by atoms with E-state index in [1.807, 2.05) is 41.9 Å².